The summed E-state index contributed by atoms with van der Waals surface area (Å²) >= 11 is 0. The molecule has 6 heteroatoms. The Balaban J connectivity index is 1.51. The molecule has 2 aliphatic rings. The van der Waals surface area contributed by atoms with E-state index in [4.69, 9.17) is 0 Å². The van der Waals surface area contributed by atoms with Gasteiger partial charge in [-0.25, -0.2) is 4.98 Å². The lowest BCUT2D eigenvalue weighted by Gasteiger charge is -2.18. The molecule has 1 aromatic carbocycles. The second-order valence-electron chi connectivity index (χ2n) is 6.90. The summed E-state index contributed by atoms with van der Waals surface area (Å²) in [7, 11) is 0. The molecule has 1 saturated carbocycles. The van der Waals surface area contributed by atoms with Gasteiger partial charge < -0.3 is 16.0 Å². The van der Waals surface area contributed by atoms with Crippen molar-refractivity contribution in [1.82, 2.24) is 9.97 Å². The highest BCUT2D eigenvalue weighted by Gasteiger charge is 2.17. The van der Waals surface area contributed by atoms with E-state index in [1.165, 1.54) is 25.7 Å². The predicted octanol–water partition coefficient (Wildman–Crippen LogP) is 3.77. The van der Waals surface area contributed by atoms with E-state index >= 15 is 0 Å². The average Bonchev–Trinajstić information content (AvgIpc) is 3.11. The second kappa shape index (κ2) is 6.70. The van der Waals surface area contributed by atoms with Gasteiger partial charge in [-0.2, -0.15) is 4.98 Å². The molecule has 1 aromatic heterocycles. The van der Waals surface area contributed by atoms with Gasteiger partial charge in [-0.1, -0.05) is 12.8 Å². The summed E-state index contributed by atoms with van der Waals surface area (Å²) in [5, 5.41) is 9.73. The summed E-state index contributed by atoms with van der Waals surface area (Å²) in [6, 6.07) is 6.45. The van der Waals surface area contributed by atoms with Crippen LogP contribution in [-0.4, -0.2) is 21.9 Å². The van der Waals surface area contributed by atoms with E-state index in [1.807, 2.05) is 25.3 Å². The molecule has 25 heavy (non-hydrogen) atoms. The minimum atomic E-state index is 0.0812. The summed E-state index contributed by atoms with van der Waals surface area (Å²) in [6.45, 7) is 2.03. The minimum Gasteiger partial charge on any atom is -0.367 e. The van der Waals surface area contributed by atoms with Gasteiger partial charge in [0.25, 0.3) is 0 Å². The van der Waals surface area contributed by atoms with Crippen molar-refractivity contribution in [2.75, 3.05) is 16.0 Å². The lowest BCUT2D eigenvalue weighted by atomic mass is 10.0. The molecule has 3 N–H and O–H groups in total. The first-order valence-electron chi connectivity index (χ1n) is 8.97. The summed E-state index contributed by atoms with van der Waals surface area (Å²) in [5.41, 5.74) is 4.03. The van der Waals surface area contributed by atoms with Crippen LogP contribution in [0.25, 0.3) is 0 Å². The van der Waals surface area contributed by atoms with Crippen LogP contribution in [0.2, 0.25) is 0 Å². The predicted molar refractivity (Wildman–Crippen MR) is 99.3 cm³/mol. The largest absolute Gasteiger partial charge is 0.367 e. The number of fused-ring (bicyclic) bond motifs is 1. The third kappa shape index (κ3) is 3.57. The number of carbonyl (C=O) groups excluding carboxylic acids is 1. The molecule has 0 saturated heterocycles. The monoisotopic (exact) mass is 337 g/mol. The highest BCUT2D eigenvalue weighted by atomic mass is 16.1. The number of nitrogens with one attached hydrogen (secondary N) is 3. The van der Waals surface area contributed by atoms with Crippen molar-refractivity contribution in [2.45, 2.75) is 51.5 Å². The Hall–Kier alpha value is -2.63. The highest BCUT2D eigenvalue weighted by Crippen LogP contribution is 2.28. The van der Waals surface area contributed by atoms with Gasteiger partial charge in [0.05, 0.1) is 0 Å². The molecule has 2 heterocycles. The van der Waals surface area contributed by atoms with Crippen LogP contribution in [0.4, 0.5) is 23.1 Å². The van der Waals surface area contributed by atoms with Gasteiger partial charge >= 0.3 is 0 Å². The molecule has 0 atom stereocenters. The van der Waals surface area contributed by atoms with E-state index in [9.17, 15) is 4.79 Å². The number of amides is 1. The van der Waals surface area contributed by atoms with Crippen molar-refractivity contribution in [3.8, 4) is 0 Å². The molecular weight excluding hydrogens is 314 g/mol. The fraction of sp³-hybridized carbons (Fsp3) is 0.421. The van der Waals surface area contributed by atoms with Crippen LogP contribution in [-0.2, 0) is 11.2 Å². The number of aryl methyl sites for hydroxylation is 2. The van der Waals surface area contributed by atoms with E-state index < -0.39 is 0 Å². The topological polar surface area (TPSA) is 78.9 Å². The van der Waals surface area contributed by atoms with Crippen molar-refractivity contribution in [3.05, 3.63) is 35.5 Å². The minimum absolute atomic E-state index is 0.0812. The summed E-state index contributed by atoms with van der Waals surface area (Å²) in [4.78, 5) is 20.5. The number of aromatic nitrogens is 2. The highest BCUT2D eigenvalue weighted by molar-refractivity contribution is 5.94. The Labute approximate surface area is 147 Å². The number of rotatable bonds is 4. The van der Waals surface area contributed by atoms with Gasteiger partial charge in [0, 0.05) is 35.6 Å². The van der Waals surface area contributed by atoms with Gasteiger partial charge in [-0.3, -0.25) is 4.79 Å². The summed E-state index contributed by atoms with van der Waals surface area (Å²) in [6.07, 6.45) is 8.15. The fourth-order valence-electron chi connectivity index (χ4n) is 3.50. The van der Waals surface area contributed by atoms with Crippen molar-refractivity contribution in [1.29, 1.82) is 0 Å². The van der Waals surface area contributed by atoms with E-state index in [-0.39, 0.29) is 5.91 Å². The molecule has 0 radical (unpaired) electrons. The Morgan fingerprint density at radius 2 is 2.04 bits per heavy atom. The first kappa shape index (κ1) is 15.9. The molecule has 2 aromatic rings. The number of benzene rings is 1. The van der Waals surface area contributed by atoms with Gasteiger partial charge in [0.15, 0.2) is 0 Å². The lowest BCUT2D eigenvalue weighted by Crippen LogP contribution is -2.19. The second-order valence-corrected chi connectivity index (χ2v) is 6.90. The van der Waals surface area contributed by atoms with Gasteiger partial charge in [0.2, 0.25) is 11.9 Å². The average molecular weight is 337 g/mol. The molecule has 1 amide bonds. The van der Waals surface area contributed by atoms with E-state index in [0.717, 1.165) is 34.7 Å². The molecular formula is C19H23N5O. The normalized spacial score (nSPS) is 17.1. The molecule has 6 nitrogen and oxygen atoms in total. The van der Waals surface area contributed by atoms with Crippen LogP contribution >= 0.6 is 0 Å². The number of carbonyl (C=O) groups is 1. The molecule has 1 aliphatic carbocycles. The maximum absolute atomic E-state index is 11.5. The molecule has 0 bridgehead atoms. The van der Waals surface area contributed by atoms with Crippen molar-refractivity contribution < 1.29 is 4.79 Å². The van der Waals surface area contributed by atoms with Crippen molar-refractivity contribution >= 4 is 29.0 Å². The number of hydrogen-bond acceptors (Lipinski definition) is 5. The van der Waals surface area contributed by atoms with Gasteiger partial charge in [0.1, 0.15) is 5.82 Å². The van der Waals surface area contributed by atoms with E-state index in [0.29, 0.717) is 18.4 Å². The smallest absolute Gasteiger partial charge is 0.229 e. The van der Waals surface area contributed by atoms with Crippen LogP contribution in [0.5, 0.6) is 0 Å². The Morgan fingerprint density at radius 3 is 2.88 bits per heavy atom. The Morgan fingerprint density at radius 1 is 1.20 bits per heavy atom. The number of nitrogens with zero attached hydrogens (tertiary/aromatic N) is 2. The Kier molecular flexibility index (Phi) is 4.26. The molecule has 0 unspecified atom stereocenters. The first-order chi connectivity index (χ1) is 12.2. The van der Waals surface area contributed by atoms with E-state index in [1.54, 1.807) is 0 Å². The molecule has 1 aliphatic heterocycles. The SMILES string of the molecule is Cc1cnc(Nc2ccc3c(c2)CCC(=O)N3)nc1NC1CCCC1. The summed E-state index contributed by atoms with van der Waals surface area (Å²) < 4.78 is 0. The summed E-state index contributed by atoms with van der Waals surface area (Å²) in [5.74, 6) is 1.58. The maximum Gasteiger partial charge on any atom is 0.229 e. The third-order valence-corrected chi connectivity index (χ3v) is 4.92. The first-order valence-corrected chi connectivity index (χ1v) is 8.97. The van der Waals surface area contributed by atoms with E-state index in [2.05, 4.69) is 32.0 Å². The van der Waals surface area contributed by atoms with Crippen LogP contribution in [0, 0.1) is 6.92 Å². The Bertz CT molecular complexity index is 798. The van der Waals surface area contributed by atoms with Gasteiger partial charge in [-0.05, 0) is 49.9 Å². The zero-order valence-corrected chi connectivity index (χ0v) is 14.4. The van der Waals surface area contributed by atoms with Crippen LogP contribution in [0.3, 0.4) is 0 Å². The van der Waals surface area contributed by atoms with Crippen molar-refractivity contribution in [2.24, 2.45) is 0 Å². The third-order valence-electron chi connectivity index (χ3n) is 4.92. The maximum atomic E-state index is 11.5. The quantitative estimate of drug-likeness (QED) is 0.791. The zero-order chi connectivity index (χ0) is 17.2. The van der Waals surface area contributed by atoms with Crippen LogP contribution in [0.1, 0.15) is 43.2 Å². The molecule has 0 spiro atoms. The molecule has 130 valence electrons. The van der Waals surface area contributed by atoms with Crippen LogP contribution < -0.4 is 16.0 Å². The fourth-order valence-corrected chi connectivity index (χ4v) is 3.50. The van der Waals surface area contributed by atoms with Crippen molar-refractivity contribution in [3.63, 3.8) is 0 Å². The molecule has 1 fully saturated rings. The standard InChI is InChI=1S/C19H23N5O/c1-12-11-20-19(24-18(12)21-14-4-2-3-5-14)22-15-7-8-16-13(10-15)6-9-17(25)23-16/h7-8,10-11,14H,2-6,9H2,1H3,(H,23,25)(H2,20,21,22,24). The number of anilines is 4. The lowest BCUT2D eigenvalue weighted by molar-refractivity contribution is -0.116. The number of hydrogen-bond donors (Lipinski definition) is 3. The van der Waals surface area contributed by atoms with Gasteiger partial charge in [-0.15, -0.1) is 0 Å². The van der Waals surface area contributed by atoms with Crippen LogP contribution in [0.15, 0.2) is 24.4 Å². The zero-order valence-electron chi connectivity index (χ0n) is 14.4. The molecule has 4 rings (SSSR count).